The van der Waals surface area contributed by atoms with Crippen LogP contribution in [-0.2, 0) is 4.79 Å². The standard InChI is InChI=1S/C14H18O3/c1-8-7-9(2)11(4)14(10(8)3)12(15)5-6-13(16)17/h7H,5-6H2,1-4H3,(H,16,17). The summed E-state index contributed by atoms with van der Waals surface area (Å²) in [6.45, 7) is 7.76. The number of benzene rings is 1. The van der Waals surface area contributed by atoms with E-state index in [1.54, 1.807) is 0 Å². The highest BCUT2D eigenvalue weighted by atomic mass is 16.4. The summed E-state index contributed by atoms with van der Waals surface area (Å²) in [5.41, 5.74) is 4.77. The second-order valence-corrected chi connectivity index (χ2v) is 4.45. The molecule has 17 heavy (non-hydrogen) atoms. The Hall–Kier alpha value is -1.64. The van der Waals surface area contributed by atoms with Gasteiger partial charge in [-0.2, -0.15) is 0 Å². The van der Waals surface area contributed by atoms with Gasteiger partial charge in [0.2, 0.25) is 0 Å². The minimum Gasteiger partial charge on any atom is -0.481 e. The maximum Gasteiger partial charge on any atom is 0.303 e. The lowest BCUT2D eigenvalue weighted by Crippen LogP contribution is -2.09. The summed E-state index contributed by atoms with van der Waals surface area (Å²) in [6.07, 6.45) is -0.0371. The van der Waals surface area contributed by atoms with Gasteiger partial charge in [0.05, 0.1) is 6.42 Å². The second-order valence-electron chi connectivity index (χ2n) is 4.45. The number of rotatable bonds is 4. The van der Waals surface area contributed by atoms with Crippen LogP contribution in [0.15, 0.2) is 6.07 Å². The van der Waals surface area contributed by atoms with Crippen molar-refractivity contribution in [2.24, 2.45) is 0 Å². The van der Waals surface area contributed by atoms with Crippen LogP contribution in [-0.4, -0.2) is 16.9 Å². The topological polar surface area (TPSA) is 54.4 Å². The van der Waals surface area contributed by atoms with E-state index in [-0.39, 0.29) is 18.6 Å². The first-order valence-corrected chi connectivity index (χ1v) is 5.67. The Morgan fingerprint density at radius 3 is 1.88 bits per heavy atom. The number of carboxylic acids is 1. The van der Waals surface area contributed by atoms with Crippen molar-refractivity contribution < 1.29 is 14.7 Å². The number of carbonyl (C=O) groups excluding carboxylic acids is 1. The molecule has 0 unspecified atom stereocenters. The highest BCUT2D eigenvalue weighted by molar-refractivity contribution is 6.00. The molecule has 0 aliphatic rings. The van der Waals surface area contributed by atoms with E-state index in [0.29, 0.717) is 5.56 Å². The average Bonchev–Trinajstić information content (AvgIpc) is 2.24. The van der Waals surface area contributed by atoms with E-state index < -0.39 is 5.97 Å². The van der Waals surface area contributed by atoms with Gasteiger partial charge in [0.25, 0.3) is 0 Å². The molecule has 0 spiro atoms. The van der Waals surface area contributed by atoms with Crippen LogP contribution in [0.3, 0.4) is 0 Å². The van der Waals surface area contributed by atoms with Crippen LogP contribution in [0, 0.1) is 27.7 Å². The number of aliphatic carboxylic acids is 1. The second kappa shape index (κ2) is 5.13. The Labute approximate surface area is 101 Å². The molecule has 0 fully saturated rings. The molecule has 0 saturated carbocycles. The first kappa shape index (κ1) is 13.4. The third-order valence-electron chi connectivity index (χ3n) is 3.21. The summed E-state index contributed by atoms with van der Waals surface area (Å²) >= 11 is 0. The van der Waals surface area contributed by atoms with Gasteiger partial charge in [0, 0.05) is 12.0 Å². The van der Waals surface area contributed by atoms with Crippen LogP contribution in [0.25, 0.3) is 0 Å². The number of ketones is 1. The third-order valence-corrected chi connectivity index (χ3v) is 3.21. The first-order chi connectivity index (χ1) is 7.84. The average molecular weight is 234 g/mol. The summed E-state index contributed by atoms with van der Waals surface area (Å²) in [7, 11) is 0. The summed E-state index contributed by atoms with van der Waals surface area (Å²) < 4.78 is 0. The summed E-state index contributed by atoms with van der Waals surface area (Å²) in [5.74, 6) is -1.01. The zero-order valence-corrected chi connectivity index (χ0v) is 10.8. The fraction of sp³-hybridized carbons (Fsp3) is 0.429. The van der Waals surface area contributed by atoms with Crippen molar-refractivity contribution in [1.29, 1.82) is 0 Å². The van der Waals surface area contributed by atoms with Gasteiger partial charge in [-0.1, -0.05) is 6.07 Å². The van der Waals surface area contributed by atoms with Gasteiger partial charge in [-0.25, -0.2) is 0 Å². The van der Waals surface area contributed by atoms with E-state index in [9.17, 15) is 9.59 Å². The molecule has 0 radical (unpaired) electrons. The first-order valence-electron chi connectivity index (χ1n) is 5.67. The molecular weight excluding hydrogens is 216 g/mol. The molecule has 3 nitrogen and oxygen atoms in total. The third kappa shape index (κ3) is 2.93. The molecule has 1 N–H and O–H groups in total. The molecule has 1 aromatic carbocycles. The van der Waals surface area contributed by atoms with Crippen molar-refractivity contribution in [2.45, 2.75) is 40.5 Å². The van der Waals surface area contributed by atoms with E-state index in [2.05, 4.69) is 6.07 Å². The van der Waals surface area contributed by atoms with Crippen molar-refractivity contribution in [2.75, 3.05) is 0 Å². The Balaban J connectivity index is 3.12. The molecule has 0 aliphatic heterocycles. The van der Waals surface area contributed by atoms with Crippen molar-refractivity contribution in [3.8, 4) is 0 Å². The van der Waals surface area contributed by atoms with Gasteiger partial charge in [0.15, 0.2) is 5.78 Å². The lowest BCUT2D eigenvalue weighted by atomic mass is 9.90. The molecule has 3 heteroatoms. The molecule has 0 aromatic heterocycles. The lowest BCUT2D eigenvalue weighted by Gasteiger charge is -2.13. The predicted molar refractivity (Wildman–Crippen MR) is 66.6 cm³/mol. The van der Waals surface area contributed by atoms with Gasteiger partial charge >= 0.3 is 5.97 Å². The van der Waals surface area contributed by atoms with E-state index in [0.717, 1.165) is 22.3 Å². The number of carboxylic acid groups (broad SMARTS) is 1. The van der Waals surface area contributed by atoms with E-state index >= 15 is 0 Å². The molecule has 0 amide bonds. The summed E-state index contributed by atoms with van der Waals surface area (Å²) in [6, 6.07) is 2.05. The van der Waals surface area contributed by atoms with Crippen molar-refractivity contribution in [3.05, 3.63) is 33.9 Å². The summed E-state index contributed by atoms with van der Waals surface area (Å²) in [4.78, 5) is 22.5. The maximum absolute atomic E-state index is 12.0. The number of aryl methyl sites for hydroxylation is 2. The zero-order chi connectivity index (χ0) is 13.2. The van der Waals surface area contributed by atoms with Crippen LogP contribution in [0.1, 0.15) is 45.5 Å². The lowest BCUT2D eigenvalue weighted by molar-refractivity contribution is -0.136. The maximum atomic E-state index is 12.0. The highest BCUT2D eigenvalue weighted by Crippen LogP contribution is 2.23. The number of hydrogen-bond donors (Lipinski definition) is 1. The minimum atomic E-state index is -0.932. The number of Topliss-reactive ketones (excluding diaryl/α,β-unsaturated/α-hetero) is 1. The number of carbonyl (C=O) groups is 2. The van der Waals surface area contributed by atoms with Gasteiger partial charge < -0.3 is 5.11 Å². The monoisotopic (exact) mass is 234 g/mol. The van der Waals surface area contributed by atoms with Gasteiger partial charge in [0.1, 0.15) is 0 Å². The van der Waals surface area contributed by atoms with Crippen LogP contribution in [0.2, 0.25) is 0 Å². The fourth-order valence-electron chi connectivity index (χ4n) is 1.98. The molecule has 0 saturated heterocycles. The zero-order valence-electron chi connectivity index (χ0n) is 10.8. The molecule has 1 aromatic rings. The van der Waals surface area contributed by atoms with Crippen molar-refractivity contribution in [3.63, 3.8) is 0 Å². The molecule has 0 aliphatic carbocycles. The van der Waals surface area contributed by atoms with Gasteiger partial charge in [-0.3, -0.25) is 9.59 Å². The van der Waals surface area contributed by atoms with Crippen LogP contribution in [0.5, 0.6) is 0 Å². The molecule has 1 rings (SSSR count). The van der Waals surface area contributed by atoms with Gasteiger partial charge in [-0.15, -0.1) is 0 Å². The molecule has 0 heterocycles. The largest absolute Gasteiger partial charge is 0.481 e. The quantitative estimate of drug-likeness (QED) is 0.815. The van der Waals surface area contributed by atoms with Crippen molar-refractivity contribution in [1.82, 2.24) is 0 Å². The highest BCUT2D eigenvalue weighted by Gasteiger charge is 2.16. The van der Waals surface area contributed by atoms with E-state index in [1.165, 1.54) is 0 Å². The van der Waals surface area contributed by atoms with Crippen LogP contribution < -0.4 is 0 Å². The molecular formula is C14H18O3. The van der Waals surface area contributed by atoms with E-state index in [1.807, 2.05) is 27.7 Å². The molecule has 0 bridgehead atoms. The Kier molecular flexibility index (Phi) is 4.05. The number of hydrogen-bond acceptors (Lipinski definition) is 2. The smallest absolute Gasteiger partial charge is 0.303 e. The SMILES string of the molecule is Cc1cc(C)c(C)c(C(=O)CCC(=O)O)c1C. The Morgan fingerprint density at radius 1 is 1.00 bits per heavy atom. The van der Waals surface area contributed by atoms with Crippen LogP contribution in [0.4, 0.5) is 0 Å². The molecule has 92 valence electrons. The van der Waals surface area contributed by atoms with Crippen LogP contribution >= 0.6 is 0 Å². The Bertz CT molecular complexity index is 447. The minimum absolute atomic E-state index is 0.0694. The van der Waals surface area contributed by atoms with Gasteiger partial charge in [-0.05, 0) is 49.9 Å². The van der Waals surface area contributed by atoms with Crippen molar-refractivity contribution >= 4 is 11.8 Å². The fourth-order valence-corrected chi connectivity index (χ4v) is 1.98. The Morgan fingerprint density at radius 2 is 1.47 bits per heavy atom. The normalized spacial score (nSPS) is 10.4. The summed E-state index contributed by atoms with van der Waals surface area (Å²) in [5, 5.41) is 8.60. The molecule has 0 atom stereocenters. The van der Waals surface area contributed by atoms with E-state index in [4.69, 9.17) is 5.11 Å². The predicted octanol–water partition coefficient (Wildman–Crippen LogP) is 2.97.